The number of carbonyl (C=O) groups is 1. The molecule has 2 aromatic carbocycles. The molecule has 3 rings (SSSR count). The van der Waals surface area contributed by atoms with E-state index in [0.717, 1.165) is 22.3 Å². The Hall–Kier alpha value is -2.68. The van der Waals surface area contributed by atoms with Crippen molar-refractivity contribution >= 4 is 28.1 Å². The van der Waals surface area contributed by atoms with Crippen molar-refractivity contribution in [2.75, 3.05) is 5.32 Å². The fraction of sp³-hybridized carbons (Fsp3) is 0.0588. The van der Waals surface area contributed by atoms with Crippen molar-refractivity contribution in [1.29, 1.82) is 0 Å². The van der Waals surface area contributed by atoms with E-state index < -0.39 is 0 Å². The molecule has 0 spiro atoms. The van der Waals surface area contributed by atoms with Crippen LogP contribution < -0.4 is 5.32 Å². The third kappa shape index (κ3) is 2.38. The van der Waals surface area contributed by atoms with Crippen LogP contribution in [0.4, 0.5) is 11.4 Å². The number of ketones is 1. The predicted octanol–water partition coefficient (Wildman–Crippen LogP) is 4.18. The van der Waals surface area contributed by atoms with Gasteiger partial charge in [-0.25, -0.2) is 0 Å². The summed E-state index contributed by atoms with van der Waals surface area (Å²) in [6.07, 6.45) is 1.78. The molecule has 0 radical (unpaired) electrons. The van der Waals surface area contributed by atoms with E-state index in [2.05, 4.69) is 10.3 Å². The Labute approximate surface area is 117 Å². The van der Waals surface area contributed by atoms with Crippen LogP contribution in [-0.4, -0.2) is 10.8 Å². The zero-order chi connectivity index (χ0) is 13.9. The summed E-state index contributed by atoms with van der Waals surface area (Å²) >= 11 is 0. The summed E-state index contributed by atoms with van der Waals surface area (Å²) in [4.78, 5) is 16.0. The Morgan fingerprint density at radius 3 is 2.65 bits per heavy atom. The Kier molecular flexibility index (Phi) is 3.17. The molecular formula is C17H14N2O. The minimum atomic E-state index is 0.0434. The number of fused-ring (bicyclic) bond motifs is 1. The number of pyridine rings is 1. The lowest BCUT2D eigenvalue weighted by atomic mass is 10.1. The Morgan fingerprint density at radius 1 is 1.05 bits per heavy atom. The summed E-state index contributed by atoms with van der Waals surface area (Å²) in [7, 11) is 0. The highest BCUT2D eigenvalue weighted by Crippen LogP contribution is 2.23. The third-order valence-corrected chi connectivity index (χ3v) is 3.18. The second kappa shape index (κ2) is 5.13. The van der Waals surface area contributed by atoms with Crippen molar-refractivity contribution in [2.45, 2.75) is 6.92 Å². The number of hydrogen-bond acceptors (Lipinski definition) is 3. The first-order valence-electron chi connectivity index (χ1n) is 6.46. The van der Waals surface area contributed by atoms with Crippen LogP contribution in [0.15, 0.2) is 60.8 Å². The Bertz CT molecular complexity index is 781. The van der Waals surface area contributed by atoms with Crippen LogP contribution in [0.3, 0.4) is 0 Å². The molecule has 98 valence electrons. The summed E-state index contributed by atoms with van der Waals surface area (Å²) in [5.74, 6) is 0.0434. The van der Waals surface area contributed by atoms with Crippen molar-refractivity contribution in [3.05, 3.63) is 66.4 Å². The van der Waals surface area contributed by atoms with Crippen molar-refractivity contribution in [2.24, 2.45) is 0 Å². The van der Waals surface area contributed by atoms with E-state index in [1.807, 2.05) is 54.6 Å². The largest absolute Gasteiger partial charge is 0.354 e. The van der Waals surface area contributed by atoms with Crippen molar-refractivity contribution in [3.63, 3.8) is 0 Å². The highest BCUT2D eigenvalue weighted by molar-refractivity contribution is 6.00. The highest BCUT2D eigenvalue weighted by Gasteiger charge is 2.06. The number of para-hydroxylation sites is 2. The van der Waals surface area contributed by atoms with Gasteiger partial charge in [-0.05, 0) is 31.2 Å². The molecule has 1 aromatic heterocycles. The zero-order valence-corrected chi connectivity index (χ0v) is 11.1. The van der Waals surface area contributed by atoms with Crippen LogP contribution in [-0.2, 0) is 0 Å². The standard InChI is InChI=1S/C17H14N2O/c1-12(20)15-7-3-5-9-17(15)19-14-10-13-6-2-4-8-16(13)18-11-14/h2-11,19H,1H3. The normalized spacial score (nSPS) is 10.4. The lowest BCUT2D eigenvalue weighted by molar-refractivity contribution is 0.101. The minimum absolute atomic E-state index is 0.0434. The average molecular weight is 262 g/mol. The first-order valence-corrected chi connectivity index (χ1v) is 6.46. The number of hydrogen-bond donors (Lipinski definition) is 1. The van der Waals surface area contributed by atoms with E-state index in [0.29, 0.717) is 5.56 Å². The van der Waals surface area contributed by atoms with Gasteiger partial charge in [-0.1, -0.05) is 30.3 Å². The molecule has 0 unspecified atom stereocenters. The molecule has 0 aliphatic carbocycles. The molecule has 0 aliphatic rings. The van der Waals surface area contributed by atoms with Crippen LogP contribution in [0.2, 0.25) is 0 Å². The number of nitrogens with one attached hydrogen (secondary N) is 1. The van der Waals surface area contributed by atoms with E-state index in [9.17, 15) is 4.79 Å². The summed E-state index contributed by atoms with van der Waals surface area (Å²) in [6, 6.07) is 17.5. The number of Topliss-reactive ketones (excluding diaryl/α,β-unsaturated/α-hetero) is 1. The predicted molar refractivity (Wildman–Crippen MR) is 81.5 cm³/mol. The highest BCUT2D eigenvalue weighted by atomic mass is 16.1. The maximum Gasteiger partial charge on any atom is 0.161 e. The quantitative estimate of drug-likeness (QED) is 0.720. The summed E-state index contributed by atoms with van der Waals surface area (Å²) in [5.41, 5.74) is 3.31. The number of aromatic nitrogens is 1. The topological polar surface area (TPSA) is 42.0 Å². The smallest absolute Gasteiger partial charge is 0.161 e. The molecule has 0 atom stereocenters. The number of rotatable bonds is 3. The molecule has 3 nitrogen and oxygen atoms in total. The molecule has 0 saturated carbocycles. The first kappa shape index (κ1) is 12.4. The van der Waals surface area contributed by atoms with Crippen molar-refractivity contribution < 1.29 is 4.79 Å². The number of nitrogens with zero attached hydrogens (tertiary/aromatic N) is 1. The van der Waals surface area contributed by atoms with E-state index in [1.165, 1.54) is 0 Å². The van der Waals surface area contributed by atoms with E-state index >= 15 is 0 Å². The van der Waals surface area contributed by atoms with Gasteiger partial charge in [0.2, 0.25) is 0 Å². The van der Waals surface area contributed by atoms with Gasteiger partial charge in [0.05, 0.1) is 17.4 Å². The van der Waals surface area contributed by atoms with Gasteiger partial charge in [-0.15, -0.1) is 0 Å². The van der Waals surface area contributed by atoms with Crippen molar-refractivity contribution in [1.82, 2.24) is 4.98 Å². The molecule has 0 aliphatic heterocycles. The molecule has 3 aromatic rings. The van der Waals surface area contributed by atoms with Gasteiger partial charge in [-0.3, -0.25) is 9.78 Å². The monoisotopic (exact) mass is 262 g/mol. The van der Waals surface area contributed by atoms with Crippen LogP contribution in [0.25, 0.3) is 10.9 Å². The second-order valence-electron chi connectivity index (χ2n) is 4.64. The SMILES string of the molecule is CC(=O)c1ccccc1Nc1cnc2ccccc2c1. The van der Waals surface area contributed by atoms with Gasteiger partial charge in [-0.2, -0.15) is 0 Å². The molecule has 0 fully saturated rings. The molecule has 0 bridgehead atoms. The lowest BCUT2D eigenvalue weighted by Crippen LogP contribution is -2.00. The van der Waals surface area contributed by atoms with E-state index in [1.54, 1.807) is 13.1 Å². The van der Waals surface area contributed by atoms with Gasteiger partial charge in [0.1, 0.15) is 0 Å². The maximum atomic E-state index is 11.6. The fourth-order valence-corrected chi connectivity index (χ4v) is 2.19. The van der Waals surface area contributed by atoms with Gasteiger partial charge in [0.15, 0.2) is 5.78 Å². The molecule has 1 N–H and O–H groups in total. The number of carbonyl (C=O) groups excluding carboxylic acids is 1. The van der Waals surface area contributed by atoms with Crippen LogP contribution in [0.5, 0.6) is 0 Å². The second-order valence-corrected chi connectivity index (χ2v) is 4.64. The summed E-state index contributed by atoms with van der Waals surface area (Å²) in [6.45, 7) is 1.57. The first-order chi connectivity index (χ1) is 9.74. The summed E-state index contributed by atoms with van der Waals surface area (Å²) < 4.78 is 0. The molecule has 1 heterocycles. The van der Waals surface area contributed by atoms with Crippen LogP contribution in [0.1, 0.15) is 17.3 Å². The number of anilines is 2. The fourth-order valence-electron chi connectivity index (χ4n) is 2.19. The van der Waals surface area contributed by atoms with Gasteiger partial charge >= 0.3 is 0 Å². The van der Waals surface area contributed by atoms with Gasteiger partial charge < -0.3 is 5.32 Å². The van der Waals surface area contributed by atoms with Gasteiger partial charge in [0.25, 0.3) is 0 Å². The van der Waals surface area contributed by atoms with Crippen LogP contribution in [0, 0.1) is 0 Å². The van der Waals surface area contributed by atoms with Gasteiger partial charge in [0, 0.05) is 16.6 Å². The van der Waals surface area contributed by atoms with E-state index in [-0.39, 0.29) is 5.78 Å². The van der Waals surface area contributed by atoms with Crippen LogP contribution >= 0.6 is 0 Å². The lowest BCUT2D eigenvalue weighted by Gasteiger charge is -2.10. The third-order valence-electron chi connectivity index (χ3n) is 3.18. The minimum Gasteiger partial charge on any atom is -0.354 e. The molecule has 0 saturated heterocycles. The maximum absolute atomic E-state index is 11.6. The summed E-state index contributed by atoms with van der Waals surface area (Å²) in [5, 5.41) is 4.33. The molecule has 3 heteroatoms. The molecule has 0 amide bonds. The van der Waals surface area contributed by atoms with Crippen molar-refractivity contribution in [3.8, 4) is 0 Å². The molecule has 20 heavy (non-hydrogen) atoms. The average Bonchev–Trinajstić information content (AvgIpc) is 2.47. The molecular weight excluding hydrogens is 248 g/mol. The Morgan fingerprint density at radius 2 is 1.80 bits per heavy atom. The van der Waals surface area contributed by atoms with E-state index in [4.69, 9.17) is 0 Å². The number of benzene rings is 2. The Balaban J connectivity index is 1.99. The zero-order valence-electron chi connectivity index (χ0n) is 11.1.